The number of hydrogen-bond acceptors (Lipinski definition) is 4. The highest BCUT2D eigenvalue weighted by Gasteiger charge is 2.19. The van der Waals surface area contributed by atoms with E-state index in [1.165, 1.54) is 11.1 Å². The smallest absolute Gasteiger partial charge is 0.121 e. The second kappa shape index (κ2) is 6.81. The maximum Gasteiger partial charge on any atom is 0.121 e. The molecule has 1 aromatic carbocycles. The van der Waals surface area contributed by atoms with E-state index in [0.29, 0.717) is 0 Å². The van der Waals surface area contributed by atoms with Crippen molar-refractivity contribution in [2.45, 2.75) is 6.92 Å². The van der Waals surface area contributed by atoms with Crippen LogP contribution in [0.1, 0.15) is 5.69 Å². The molecule has 0 bridgehead atoms. The molecule has 0 atom stereocenters. The van der Waals surface area contributed by atoms with Crippen molar-refractivity contribution < 1.29 is 4.74 Å². The fourth-order valence-corrected chi connectivity index (χ4v) is 3.20. The fraction of sp³-hybridized carbons (Fsp3) is 0.400. The van der Waals surface area contributed by atoms with Crippen LogP contribution in [0.3, 0.4) is 0 Å². The van der Waals surface area contributed by atoms with Crippen LogP contribution in [0.5, 0.6) is 5.75 Å². The SMILES string of the molecule is COc1ccc2c(N3CCNCC3)c(Br)c(C)nc2c1.Cl. The maximum absolute atomic E-state index is 5.30. The molecule has 0 radical (unpaired) electrons. The van der Waals surface area contributed by atoms with Crippen LogP contribution in [0.2, 0.25) is 0 Å². The summed E-state index contributed by atoms with van der Waals surface area (Å²) >= 11 is 3.72. The van der Waals surface area contributed by atoms with Crippen molar-refractivity contribution in [2.75, 3.05) is 38.2 Å². The predicted octanol–water partition coefficient (Wildman–Crippen LogP) is 3.15. The fourth-order valence-electron chi connectivity index (χ4n) is 2.65. The number of anilines is 1. The summed E-state index contributed by atoms with van der Waals surface area (Å²) in [7, 11) is 1.68. The van der Waals surface area contributed by atoms with Gasteiger partial charge in [0.1, 0.15) is 5.75 Å². The third-order valence-corrected chi connectivity index (χ3v) is 4.66. The van der Waals surface area contributed by atoms with Gasteiger partial charge in [-0.15, -0.1) is 12.4 Å². The maximum atomic E-state index is 5.30. The average Bonchev–Trinajstić information content (AvgIpc) is 2.49. The second-order valence-electron chi connectivity index (χ2n) is 4.98. The molecule has 2 aromatic rings. The van der Waals surface area contributed by atoms with Crippen LogP contribution < -0.4 is 15.0 Å². The highest BCUT2D eigenvalue weighted by Crippen LogP contribution is 2.37. The molecule has 1 aliphatic heterocycles. The summed E-state index contributed by atoms with van der Waals surface area (Å²) < 4.78 is 6.40. The Morgan fingerprint density at radius 1 is 1.29 bits per heavy atom. The number of piperazine rings is 1. The van der Waals surface area contributed by atoms with Crippen molar-refractivity contribution in [2.24, 2.45) is 0 Å². The quantitative estimate of drug-likeness (QED) is 0.879. The molecule has 0 unspecified atom stereocenters. The number of methoxy groups -OCH3 is 1. The predicted molar refractivity (Wildman–Crippen MR) is 93.1 cm³/mol. The number of pyridine rings is 1. The van der Waals surface area contributed by atoms with E-state index in [9.17, 15) is 0 Å². The van der Waals surface area contributed by atoms with Crippen molar-refractivity contribution in [3.05, 3.63) is 28.4 Å². The van der Waals surface area contributed by atoms with Crippen molar-refractivity contribution in [3.63, 3.8) is 0 Å². The number of aryl methyl sites for hydroxylation is 1. The number of nitrogens with zero attached hydrogens (tertiary/aromatic N) is 2. The molecule has 3 rings (SSSR count). The minimum atomic E-state index is 0. The summed E-state index contributed by atoms with van der Waals surface area (Å²) in [5.74, 6) is 0.845. The van der Waals surface area contributed by atoms with Crippen molar-refractivity contribution in [3.8, 4) is 5.75 Å². The summed E-state index contributed by atoms with van der Waals surface area (Å²) in [5.41, 5.74) is 3.24. The van der Waals surface area contributed by atoms with Gasteiger partial charge in [-0.25, -0.2) is 0 Å². The molecule has 1 N–H and O–H groups in total. The minimum absolute atomic E-state index is 0. The lowest BCUT2D eigenvalue weighted by molar-refractivity contribution is 0.415. The van der Waals surface area contributed by atoms with Gasteiger partial charge in [0.15, 0.2) is 0 Å². The van der Waals surface area contributed by atoms with Gasteiger partial charge in [-0.3, -0.25) is 4.98 Å². The number of aromatic nitrogens is 1. The van der Waals surface area contributed by atoms with E-state index in [-0.39, 0.29) is 12.4 Å². The molecule has 2 heterocycles. The number of hydrogen-bond donors (Lipinski definition) is 1. The Morgan fingerprint density at radius 2 is 2.00 bits per heavy atom. The van der Waals surface area contributed by atoms with Crippen LogP contribution in [-0.2, 0) is 0 Å². The van der Waals surface area contributed by atoms with Gasteiger partial charge in [-0.1, -0.05) is 0 Å². The zero-order chi connectivity index (χ0) is 14.1. The number of nitrogens with one attached hydrogen (secondary N) is 1. The lowest BCUT2D eigenvalue weighted by Crippen LogP contribution is -2.43. The highest BCUT2D eigenvalue weighted by molar-refractivity contribution is 9.10. The van der Waals surface area contributed by atoms with Gasteiger partial charge in [-0.2, -0.15) is 0 Å². The Balaban J connectivity index is 0.00000161. The molecule has 4 nitrogen and oxygen atoms in total. The first-order valence-corrected chi connectivity index (χ1v) is 7.59. The minimum Gasteiger partial charge on any atom is -0.497 e. The van der Waals surface area contributed by atoms with Crippen LogP contribution in [0, 0.1) is 6.92 Å². The summed E-state index contributed by atoms with van der Waals surface area (Å²) in [5, 5.41) is 4.56. The first-order valence-electron chi connectivity index (χ1n) is 6.80. The molecular weight excluding hydrogens is 354 g/mol. The van der Waals surface area contributed by atoms with Gasteiger partial charge in [0.2, 0.25) is 0 Å². The highest BCUT2D eigenvalue weighted by atomic mass is 79.9. The Bertz CT molecular complexity index is 644. The largest absolute Gasteiger partial charge is 0.497 e. The summed E-state index contributed by atoms with van der Waals surface area (Å²) in [4.78, 5) is 7.09. The lowest BCUT2D eigenvalue weighted by Gasteiger charge is -2.31. The molecule has 114 valence electrons. The van der Waals surface area contributed by atoms with Crippen LogP contribution in [-0.4, -0.2) is 38.3 Å². The molecule has 1 saturated heterocycles. The Hall–Kier alpha value is -1.04. The van der Waals surface area contributed by atoms with Crippen molar-refractivity contribution in [1.29, 1.82) is 0 Å². The summed E-state index contributed by atoms with van der Waals surface area (Å²) in [6, 6.07) is 6.10. The molecule has 0 spiro atoms. The van der Waals surface area contributed by atoms with Crippen molar-refractivity contribution in [1.82, 2.24) is 10.3 Å². The van der Waals surface area contributed by atoms with E-state index >= 15 is 0 Å². The Morgan fingerprint density at radius 3 is 2.67 bits per heavy atom. The molecule has 1 aromatic heterocycles. The summed E-state index contributed by atoms with van der Waals surface area (Å²) in [6.07, 6.45) is 0. The number of rotatable bonds is 2. The van der Waals surface area contributed by atoms with Crippen LogP contribution in [0.15, 0.2) is 22.7 Å². The molecule has 1 fully saturated rings. The van der Waals surface area contributed by atoms with Crippen LogP contribution in [0.4, 0.5) is 5.69 Å². The first kappa shape index (κ1) is 16.3. The van der Waals surface area contributed by atoms with E-state index in [1.54, 1.807) is 7.11 Å². The first-order chi connectivity index (χ1) is 9.70. The molecule has 0 saturated carbocycles. The molecule has 21 heavy (non-hydrogen) atoms. The Kier molecular flexibility index (Phi) is 5.30. The van der Waals surface area contributed by atoms with Gasteiger partial charge in [0.25, 0.3) is 0 Å². The number of benzene rings is 1. The zero-order valence-electron chi connectivity index (χ0n) is 12.1. The normalized spacial score (nSPS) is 14.9. The van der Waals surface area contributed by atoms with Gasteiger partial charge in [0.05, 0.1) is 28.5 Å². The van der Waals surface area contributed by atoms with Crippen LogP contribution in [0.25, 0.3) is 10.9 Å². The Labute approximate surface area is 139 Å². The summed E-state index contributed by atoms with van der Waals surface area (Å²) in [6.45, 7) is 6.11. The van der Waals surface area contributed by atoms with Gasteiger partial charge in [-0.05, 0) is 35.0 Å². The van der Waals surface area contributed by atoms with Crippen LogP contribution >= 0.6 is 28.3 Å². The monoisotopic (exact) mass is 371 g/mol. The number of fused-ring (bicyclic) bond motifs is 1. The standard InChI is InChI=1S/C15H18BrN3O.ClH/c1-10-14(16)15(19-7-5-17-6-8-19)12-4-3-11(20-2)9-13(12)18-10;/h3-4,9,17H,5-8H2,1-2H3;1H. The van der Waals surface area contributed by atoms with E-state index in [4.69, 9.17) is 4.74 Å². The van der Waals surface area contributed by atoms with E-state index in [0.717, 1.165) is 47.6 Å². The van der Waals surface area contributed by atoms with E-state index in [2.05, 4.69) is 37.2 Å². The number of halogens is 2. The molecule has 1 aliphatic rings. The van der Waals surface area contributed by atoms with Gasteiger partial charge < -0.3 is 15.0 Å². The molecular formula is C15H19BrClN3O. The molecule has 0 amide bonds. The lowest BCUT2D eigenvalue weighted by atomic mass is 10.1. The number of ether oxygens (including phenoxy) is 1. The van der Waals surface area contributed by atoms with E-state index in [1.807, 2.05) is 19.1 Å². The molecule has 6 heteroatoms. The third-order valence-electron chi connectivity index (χ3n) is 3.71. The van der Waals surface area contributed by atoms with Gasteiger partial charge in [0, 0.05) is 37.6 Å². The topological polar surface area (TPSA) is 37.4 Å². The average molecular weight is 373 g/mol. The second-order valence-corrected chi connectivity index (χ2v) is 5.77. The van der Waals surface area contributed by atoms with Crippen molar-refractivity contribution >= 4 is 44.9 Å². The molecule has 0 aliphatic carbocycles. The van der Waals surface area contributed by atoms with Gasteiger partial charge >= 0.3 is 0 Å². The zero-order valence-corrected chi connectivity index (χ0v) is 14.6. The van der Waals surface area contributed by atoms with E-state index < -0.39 is 0 Å². The third kappa shape index (κ3) is 3.10.